The molecule has 1 amide bonds. The third kappa shape index (κ3) is 4.40. The zero-order chi connectivity index (χ0) is 22.1. The van der Waals surface area contributed by atoms with Gasteiger partial charge in [0.1, 0.15) is 18.0 Å². The second-order valence-electron chi connectivity index (χ2n) is 8.68. The maximum atomic E-state index is 11.7. The van der Waals surface area contributed by atoms with Gasteiger partial charge in [0.2, 0.25) is 5.91 Å². The molecule has 7 heteroatoms. The van der Waals surface area contributed by atoms with Gasteiger partial charge >= 0.3 is 0 Å². The summed E-state index contributed by atoms with van der Waals surface area (Å²) in [6.07, 6.45) is 4.91. The Balaban J connectivity index is 1.20. The molecule has 166 valence electrons. The first-order valence-electron chi connectivity index (χ1n) is 11.1. The van der Waals surface area contributed by atoms with Gasteiger partial charge in [0.15, 0.2) is 0 Å². The summed E-state index contributed by atoms with van der Waals surface area (Å²) in [5.41, 5.74) is 5.45. The molecule has 32 heavy (non-hydrogen) atoms. The molecule has 2 N–H and O–H groups in total. The first-order chi connectivity index (χ1) is 15.5. The van der Waals surface area contributed by atoms with Gasteiger partial charge in [-0.05, 0) is 60.7 Å². The number of nitrogens with one attached hydrogen (secondary N) is 1. The van der Waals surface area contributed by atoms with Crippen LogP contribution >= 0.6 is 0 Å². The van der Waals surface area contributed by atoms with Crippen LogP contribution in [0, 0.1) is 6.92 Å². The topological polar surface area (TPSA) is 79.6 Å². The van der Waals surface area contributed by atoms with Crippen molar-refractivity contribution in [3.63, 3.8) is 0 Å². The Kier molecular flexibility index (Phi) is 5.68. The lowest BCUT2D eigenvalue weighted by Gasteiger charge is -2.36. The van der Waals surface area contributed by atoms with Crippen molar-refractivity contribution in [3.8, 4) is 11.4 Å². The van der Waals surface area contributed by atoms with Crippen LogP contribution < -0.4 is 10.1 Å². The molecule has 3 aromatic rings. The van der Waals surface area contributed by atoms with Gasteiger partial charge in [-0.15, -0.1) is 0 Å². The zero-order valence-electron chi connectivity index (χ0n) is 18.2. The number of likely N-dealkylation sites (tertiary alicyclic amines) is 1. The van der Waals surface area contributed by atoms with Crippen LogP contribution in [-0.4, -0.2) is 51.0 Å². The maximum Gasteiger partial charge on any atom is 0.224 e. The number of β-amino-alcohol motifs (C(OH)–C–C–N with tert-alkyl or cyclic N) is 1. The monoisotopic (exact) mass is 432 g/mol. The van der Waals surface area contributed by atoms with Gasteiger partial charge in [0.05, 0.1) is 5.69 Å². The molecule has 2 aromatic carbocycles. The number of hydrogen-bond acceptors (Lipinski definition) is 5. The average molecular weight is 433 g/mol. The van der Waals surface area contributed by atoms with Crippen LogP contribution in [0.25, 0.3) is 5.69 Å². The molecule has 0 spiro atoms. The molecular formula is C25H28N4O3. The van der Waals surface area contributed by atoms with Gasteiger partial charge in [0, 0.05) is 50.2 Å². The molecule has 7 nitrogen and oxygen atoms in total. The Morgan fingerprint density at radius 3 is 2.91 bits per heavy atom. The predicted molar refractivity (Wildman–Crippen MR) is 122 cm³/mol. The fourth-order valence-corrected chi connectivity index (χ4v) is 4.52. The van der Waals surface area contributed by atoms with E-state index in [-0.39, 0.29) is 12.0 Å². The van der Waals surface area contributed by atoms with Gasteiger partial charge in [-0.3, -0.25) is 9.69 Å². The number of anilines is 1. The number of piperidine rings is 1. The number of hydrogen-bond donors (Lipinski definition) is 2. The summed E-state index contributed by atoms with van der Waals surface area (Å²) in [7, 11) is 0. The highest BCUT2D eigenvalue weighted by Gasteiger charge is 2.30. The van der Waals surface area contributed by atoms with Crippen molar-refractivity contribution in [3.05, 3.63) is 71.5 Å². The normalized spacial score (nSPS) is 21.1. The Hall–Kier alpha value is -3.16. The van der Waals surface area contributed by atoms with Crippen LogP contribution in [0.5, 0.6) is 5.75 Å². The van der Waals surface area contributed by atoms with Crippen LogP contribution in [-0.2, 0) is 17.8 Å². The number of aryl methyl sites for hydroxylation is 2. The fourth-order valence-electron chi connectivity index (χ4n) is 4.52. The maximum absolute atomic E-state index is 11.7. The summed E-state index contributed by atoms with van der Waals surface area (Å²) in [6.45, 7) is 4.32. The largest absolute Gasteiger partial charge is 0.488 e. The number of rotatable bonds is 5. The second kappa shape index (κ2) is 8.76. The van der Waals surface area contributed by atoms with Gasteiger partial charge < -0.3 is 15.2 Å². The summed E-state index contributed by atoms with van der Waals surface area (Å²) >= 11 is 0. The molecule has 1 fully saturated rings. The zero-order valence-corrected chi connectivity index (χ0v) is 18.2. The van der Waals surface area contributed by atoms with E-state index in [4.69, 9.17) is 4.74 Å². The van der Waals surface area contributed by atoms with Crippen molar-refractivity contribution in [1.29, 1.82) is 0 Å². The van der Waals surface area contributed by atoms with E-state index >= 15 is 0 Å². The molecule has 0 aliphatic carbocycles. The van der Waals surface area contributed by atoms with Gasteiger partial charge in [-0.2, -0.15) is 5.10 Å². The van der Waals surface area contributed by atoms with E-state index in [1.807, 2.05) is 35.1 Å². The molecule has 1 aromatic heterocycles. The van der Waals surface area contributed by atoms with Crippen molar-refractivity contribution in [2.24, 2.45) is 0 Å². The molecule has 0 radical (unpaired) electrons. The smallest absolute Gasteiger partial charge is 0.224 e. The van der Waals surface area contributed by atoms with E-state index in [1.54, 1.807) is 6.20 Å². The lowest BCUT2D eigenvalue weighted by Crippen LogP contribution is -2.48. The van der Waals surface area contributed by atoms with Gasteiger partial charge in [0.25, 0.3) is 0 Å². The number of nitrogens with zero attached hydrogens (tertiary/aromatic N) is 3. The fraction of sp³-hybridized carbons (Fsp3) is 0.360. The summed E-state index contributed by atoms with van der Waals surface area (Å²) in [5.74, 6) is 0.726. The van der Waals surface area contributed by atoms with Crippen molar-refractivity contribution < 1.29 is 14.6 Å². The molecule has 0 bridgehead atoms. The molecule has 5 rings (SSSR count). The molecule has 0 unspecified atom stereocenters. The lowest BCUT2D eigenvalue weighted by atomic mass is 10.0. The number of benzene rings is 2. The first-order valence-corrected chi connectivity index (χ1v) is 11.1. The molecule has 3 heterocycles. The first kappa shape index (κ1) is 20.7. The van der Waals surface area contributed by atoms with E-state index in [2.05, 4.69) is 40.4 Å². The van der Waals surface area contributed by atoms with Crippen LogP contribution in [0.15, 0.2) is 54.9 Å². The summed E-state index contributed by atoms with van der Waals surface area (Å²) < 4.78 is 7.97. The Morgan fingerprint density at radius 2 is 2.12 bits per heavy atom. The van der Waals surface area contributed by atoms with E-state index in [0.717, 1.165) is 42.9 Å². The van der Waals surface area contributed by atoms with Gasteiger partial charge in [-0.25, -0.2) is 4.68 Å². The Bertz CT molecular complexity index is 1110. The van der Waals surface area contributed by atoms with Crippen molar-refractivity contribution in [2.45, 2.75) is 44.9 Å². The number of ether oxygens (including phenoxy) is 1. The minimum Gasteiger partial charge on any atom is -0.488 e. The quantitative estimate of drug-likeness (QED) is 0.648. The molecule has 2 atom stereocenters. The highest BCUT2D eigenvalue weighted by molar-refractivity contribution is 5.94. The number of carbonyl (C=O) groups is 1. The highest BCUT2D eigenvalue weighted by Crippen LogP contribution is 2.29. The number of aromatic nitrogens is 2. The van der Waals surface area contributed by atoms with Gasteiger partial charge in [-0.1, -0.05) is 12.1 Å². The Morgan fingerprint density at radius 1 is 1.22 bits per heavy atom. The van der Waals surface area contributed by atoms with E-state index < -0.39 is 6.10 Å². The van der Waals surface area contributed by atoms with E-state index in [9.17, 15) is 9.90 Å². The SMILES string of the molecule is Cc1cc(-n2cccn2)ccc1CN1CC[C@@H](Oc2ccc3c(c2)NC(=O)CC3)[C@H](O)C1. The number of aliphatic hydroxyl groups excluding tert-OH is 1. The average Bonchev–Trinajstić information content (AvgIpc) is 3.32. The van der Waals surface area contributed by atoms with Crippen molar-refractivity contribution in [1.82, 2.24) is 14.7 Å². The Labute approximate surface area is 187 Å². The third-order valence-corrected chi connectivity index (χ3v) is 6.36. The van der Waals surface area contributed by atoms with E-state index in [0.29, 0.717) is 18.7 Å². The molecule has 2 aliphatic rings. The summed E-state index contributed by atoms with van der Waals surface area (Å²) in [6, 6.07) is 14.1. The van der Waals surface area contributed by atoms with E-state index in [1.165, 1.54) is 11.1 Å². The molecule has 1 saturated heterocycles. The third-order valence-electron chi connectivity index (χ3n) is 6.36. The number of carbonyl (C=O) groups excluding carboxylic acids is 1. The molecular weight excluding hydrogens is 404 g/mol. The predicted octanol–water partition coefficient (Wildman–Crippen LogP) is 3.08. The molecule has 2 aliphatic heterocycles. The summed E-state index contributed by atoms with van der Waals surface area (Å²) in [5, 5.41) is 17.9. The number of aliphatic hydroxyl groups is 1. The second-order valence-corrected chi connectivity index (χ2v) is 8.68. The van der Waals surface area contributed by atoms with Crippen LogP contribution in [0.4, 0.5) is 5.69 Å². The number of amides is 1. The minimum atomic E-state index is -0.571. The van der Waals surface area contributed by atoms with Crippen LogP contribution in [0.1, 0.15) is 29.5 Å². The highest BCUT2D eigenvalue weighted by atomic mass is 16.5. The minimum absolute atomic E-state index is 0.0379. The van der Waals surface area contributed by atoms with Crippen LogP contribution in [0.2, 0.25) is 0 Å². The van der Waals surface area contributed by atoms with Crippen molar-refractivity contribution >= 4 is 11.6 Å². The van der Waals surface area contributed by atoms with Crippen molar-refractivity contribution in [2.75, 3.05) is 18.4 Å². The van der Waals surface area contributed by atoms with Crippen LogP contribution in [0.3, 0.4) is 0 Å². The standard InChI is InChI=1S/C25H28N4O3/c1-17-13-20(29-11-2-10-26-29)6-3-19(17)15-28-12-9-24(23(30)16-28)32-21-7-4-18-5-8-25(31)27-22(18)14-21/h2-4,6-7,10-11,13-14,23-24,30H,5,8-9,12,15-16H2,1H3,(H,27,31)/t23-,24-/m1/s1. The molecule has 0 saturated carbocycles. The number of fused-ring (bicyclic) bond motifs is 1. The lowest BCUT2D eigenvalue weighted by molar-refractivity contribution is -0.116. The summed E-state index contributed by atoms with van der Waals surface area (Å²) in [4.78, 5) is 13.9.